The van der Waals surface area contributed by atoms with Crippen LogP contribution >= 0.6 is 15.9 Å². The first kappa shape index (κ1) is 21.6. The number of fused-ring (bicyclic) bond motifs is 1. The summed E-state index contributed by atoms with van der Waals surface area (Å²) in [5, 5.41) is 0. The van der Waals surface area contributed by atoms with Crippen LogP contribution in [-0.4, -0.2) is 6.09 Å². The first-order chi connectivity index (χ1) is 15.0. The summed E-state index contributed by atoms with van der Waals surface area (Å²) >= 11 is 3.60. The minimum atomic E-state index is -0.456. The van der Waals surface area contributed by atoms with E-state index in [-0.39, 0.29) is 18.3 Å². The second-order valence-electron chi connectivity index (χ2n) is 8.14. The van der Waals surface area contributed by atoms with Gasteiger partial charge in [0.15, 0.2) is 0 Å². The standard InChI is InChI=1S/C26H25BrFNO2/c1-17(2)22-15-20(27)14-19-12-13-24(21-10-6-7-11-23(21)28)29(25(19)22)26(30)31-16-18-8-4-3-5-9-18/h3-11,14-15,17,24H,12-13,16H2,1-2H3. The van der Waals surface area contributed by atoms with Gasteiger partial charge in [0, 0.05) is 10.0 Å². The van der Waals surface area contributed by atoms with Crippen LogP contribution in [0.4, 0.5) is 14.9 Å². The monoisotopic (exact) mass is 481 g/mol. The number of benzene rings is 3. The van der Waals surface area contributed by atoms with E-state index >= 15 is 0 Å². The molecule has 0 aromatic heterocycles. The predicted octanol–water partition coefficient (Wildman–Crippen LogP) is 7.54. The maximum absolute atomic E-state index is 14.8. The molecule has 3 nitrogen and oxygen atoms in total. The number of halogens is 2. The van der Waals surface area contributed by atoms with Crippen LogP contribution in [0.15, 0.2) is 71.2 Å². The number of nitrogens with zero attached hydrogens (tertiary/aromatic N) is 1. The normalized spacial score (nSPS) is 15.6. The van der Waals surface area contributed by atoms with E-state index in [1.807, 2.05) is 42.5 Å². The fourth-order valence-corrected chi connectivity index (χ4v) is 4.75. The van der Waals surface area contributed by atoms with Gasteiger partial charge in [-0.25, -0.2) is 9.18 Å². The third-order valence-corrected chi connectivity index (χ3v) is 6.17. The lowest BCUT2D eigenvalue weighted by atomic mass is 9.87. The van der Waals surface area contributed by atoms with Gasteiger partial charge in [-0.2, -0.15) is 0 Å². The molecule has 0 radical (unpaired) electrons. The Morgan fingerprint density at radius 2 is 1.84 bits per heavy atom. The van der Waals surface area contributed by atoms with E-state index in [4.69, 9.17) is 4.74 Å². The van der Waals surface area contributed by atoms with Crippen molar-refractivity contribution in [1.29, 1.82) is 0 Å². The Labute approximate surface area is 191 Å². The van der Waals surface area contributed by atoms with Gasteiger partial charge in [-0.1, -0.05) is 78.3 Å². The van der Waals surface area contributed by atoms with Gasteiger partial charge in [-0.05, 0) is 53.6 Å². The minimum absolute atomic E-state index is 0.170. The molecule has 0 saturated heterocycles. The third kappa shape index (κ3) is 4.52. The van der Waals surface area contributed by atoms with Crippen LogP contribution in [0.3, 0.4) is 0 Å². The van der Waals surface area contributed by atoms with Crippen molar-refractivity contribution in [3.8, 4) is 0 Å². The van der Waals surface area contributed by atoms with E-state index < -0.39 is 12.1 Å². The number of ether oxygens (including phenoxy) is 1. The summed E-state index contributed by atoms with van der Waals surface area (Å²) < 4.78 is 21.5. The van der Waals surface area contributed by atoms with Crippen LogP contribution in [0.2, 0.25) is 0 Å². The molecular formula is C26H25BrFNO2. The molecule has 0 fully saturated rings. The van der Waals surface area contributed by atoms with Crippen LogP contribution in [0.5, 0.6) is 0 Å². The van der Waals surface area contributed by atoms with Gasteiger partial charge < -0.3 is 4.74 Å². The number of rotatable bonds is 4. The number of carbonyl (C=O) groups is 1. The largest absolute Gasteiger partial charge is 0.444 e. The molecule has 1 aliphatic rings. The summed E-state index contributed by atoms with van der Waals surface area (Å²) in [4.78, 5) is 15.1. The fourth-order valence-electron chi connectivity index (χ4n) is 4.23. The summed E-state index contributed by atoms with van der Waals surface area (Å²) in [6.45, 7) is 4.37. The topological polar surface area (TPSA) is 29.5 Å². The molecule has 1 heterocycles. The molecule has 0 spiro atoms. The molecule has 31 heavy (non-hydrogen) atoms. The lowest BCUT2D eigenvalue weighted by Gasteiger charge is -2.39. The number of anilines is 1. The van der Waals surface area contributed by atoms with Crippen molar-refractivity contribution in [2.45, 2.75) is 45.3 Å². The van der Waals surface area contributed by atoms with E-state index in [9.17, 15) is 9.18 Å². The molecule has 1 unspecified atom stereocenters. The molecule has 0 saturated carbocycles. The predicted molar refractivity (Wildman–Crippen MR) is 125 cm³/mol. The van der Waals surface area contributed by atoms with Crippen molar-refractivity contribution < 1.29 is 13.9 Å². The summed E-state index contributed by atoms with van der Waals surface area (Å²) in [5.41, 5.74) is 4.39. The van der Waals surface area contributed by atoms with Crippen LogP contribution in [0.25, 0.3) is 0 Å². The second kappa shape index (κ2) is 9.23. The van der Waals surface area contributed by atoms with Gasteiger partial charge in [-0.15, -0.1) is 0 Å². The fraction of sp³-hybridized carbons (Fsp3) is 0.269. The Hall–Kier alpha value is -2.66. The Balaban J connectivity index is 1.78. The van der Waals surface area contributed by atoms with E-state index in [0.717, 1.165) is 33.3 Å². The van der Waals surface area contributed by atoms with Crippen LogP contribution in [0, 0.1) is 5.82 Å². The minimum Gasteiger partial charge on any atom is -0.444 e. The van der Waals surface area contributed by atoms with Crippen LogP contribution in [0.1, 0.15) is 54.5 Å². The zero-order chi connectivity index (χ0) is 22.0. The van der Waals surface area contributed by atoms with E-state index in [2.05, 4.69) is 35.8 Å². The lowest BCUT2D eigenvalue weighted by Crippen LogP contribution is -2.40. The van der Waals surface area contributed by atoms with Gasteiger partial charge >= 0.3 is 6.09 Å². The second-order valence-corrected chi connectivity index (χ2v) is 9.06. The van der Waals surface area contributed by atoms with Gasteiger partial charge in [0.05, 0.1) is 11.7 Å². The zero-order valence-corrected chi connectivity index (χ0v) is 19.2. The van der Waals surface area contributed by atoms with Crippen molar-refractivity contribution in [1.82, 2.24) is 0 Å². The first-order valence-electron chi connectivity index (χ1n) is 10.5. The molecule has 3 aromatic carbocycles. The van der Waals surface area contributed by atoms with Crippen molar-refractivity contribution in [2.24, 2.45) is 0 Å². The molecule has 5 heteroatoms. The Morgan fingerprint density at radius 3 is 2.55 bits per heavy atom. The molecule has 1 atom stereocenters. The molecule has 1 aliphatic heterocycles. The van der Waals surface area contributed by atoms with Crippen molar-refractivity contribution in [2.75, 3.05) is 4.90 Å². The van der Waals surface area contributed by atoms with Crippen LogP contribution in [-0.2, 0) is 17.8 Å². The van der Waals surface area contributed by atoms with Crippen molar-refractivity contribution in [3.05, 3.63) is 99.3 Å². The van der Waals surface area contributed by atoms with Crippen LogP contribution < -0.4 is 4.90 Å². The molecular weight excluding hydrogens is 457 g/mol. The number of hydrogen-bond donors (Lipinski definition) is 0. The molecule has 3 aromatic rings. The molecule has 0 N–H and O–H groups in total. The first-order valence-corrected chi connectivity index (χ1v) is 11.3. The highest BCUT2D eigenvalue weighted by Crippen LogP contribution is 2.45. The highest BCUT2D eigenvalue weighted by atomic mass is 79.9. The van der Waals surface area contributed by atoms with Gasteiger partial charge in [0.25, 0.3) is 0 Å². The summed E-state index contributed by atoms with van der Waals surface area (Å²) in [5.74, 6) is -0.116. The Kier molecular flexibility index (Phi) is 6.42. The maximum atomic E-state index is 14.8. The maximum Gasteiger partial charge on any atom is 0.415 e. The lowest BCUT2D eigenvalue weighted by molar-refractivity contribution is 0.143. The summed E-state index contributed by atoms with van der Waals surface area (Å²) in [6, 6.07) is 20.0. The van der Waals surface area contributed by atoms with E-state index in [0.29, 0.717) is 12.0 Å². The zero-order valence-electron chi connectivity index (χ0n) is 17.6. The third-order valence-electron chi connectivity index (χ3n) is 5.71. The molecule has 1 amide bonds. The summed E-state index contributed by atoms with van der Waals surface area (Å²) in [7, 11) is 0. The highest BCUT2D eigenvalue weighted by molar-refractivity contribution is 9.10. The van der Waals surface area contributed by atoms with Crippen molar-refractivity contribution >= 4 is 27.7 Å². The van der Waals surface area contributed by atoms with Gasteiger partial charge in [0.2, 0.25) is 0 Å². The number of hydrogen-bond acceptors (Lipinski definition) is 2. The molecule has 160 valence electrons. The average molecular weight is 482 g/mol. The van der Waals surface area contributed by atoms with Crippen molar-refractivity contribution in [3.63, 3.8) is 0 Å². The molecule has 0 bridgehead atoms. The quantitative estimate of drug-likeness (QED) is 0.385. The number of carbonyl (C=O) groups excluding carboxylic acids is 1. The van der Waals surface area contributed by atoms with Gasteiger partial charge in [0.1, 0.15) is 12.4 Å². The molecule has 0 aliphatic carbocycles. The smallest absolute Gasteiger partial charge is 0.415 e. The van der Waals surface area contributed by atoms with E-state index in [1.165, 1.54) is 6.07 Å². The Morgan fingerprint density at radius 1 is 1.13 bits per heavy atom. The SMILES string of the molecule is CC(C)c1cc(Br)cc2c1N(C(=O)OCc1ccccc1)C(c1ccccc1F)CC2. The number of aryl methyl sites for hydroxylation is 1. The molecule has 4 rings (SSSR count). The number of amides is 1. The highest BCUT2D eigenvalue weighted by Gasteiger charge is 2.36. The Bertz CT molecular complexity index is 1080. The van der Waals surface area contributed by atoms with E-state index in [1.54, 1.807) is 17.0 Å². The average Bonchev–Trinajstić information content (AvgIpc) is 2.77. The van der Waals surface area contributed by atoms with Gasteiger partial charge in [-0.3, -0.25) is 4.90 Å². The summed E-state index contributed by atoms with van der Waals surface area (Å²) in [6.07, 6.45) is 0.931.